The van der Waals surface area contributed by atoms with Crippen LogP contribution in [0.1, 0.15) is 32.6 Å². The average Bonchev–Trinajstić information content (AvgIpc) is 2.26. The van der Waals surface area contributed by atoms with Crippen LogP contribution in [-0.2, 0) is 4.79 Å². The molecule has 1 rings (SSSR count). The molecule has 6 nitrogen and oxygen atoms in total. The summed E-state index contributed by atoms with van der Waals surface area (Å²) in [5.74, 6) is -0.254. The molecule has 0 bridgehead atoms. The Kier molecular flexibility index (Phi) is 5.37. The summed E-state index contributed by atoms with van der Waals surface area (Å²) in [7, 11) is 0. The van der Waals surface area contributed by atoms with Crippen LogP contribution in [-0.4, -0.2) is 35.7 Å². The van der Waals surface area contributed by atoms with Gasteiger partial charge >= 0.3 is 6.03 Å². The topological polar surface area (TPSA) is 104 Å². The van der Waals surface area contributed by atoms with E-state index >= 15 is 0 Å². The highest BCUT2D eigenvalue weighted by molar-refractivity contribution is 5.96. The van der Waals surface area contributed by atoms with Gasteiger partial charge in [0.15, 0.2) is 0 Å². The summed E-state index contributed by atoms with van der Waals surface area (Å²) < 4.78 is 0. The van der Waals surface area contributed by atoms with E-state index in [1.54, 1.807) is 6.92 Å². The zero-order valence-corrected chi connectivity index (χ0v) is 10.1. The summed E-state index contributed by atoms with van der Waals surface area (Å²) in [4.78, 5) is 21.9. The summed E-state index contributed by atoms with van der Waals surface area (Å²) in [6.45, 7) is 2.24. The summed E-state index contributed by atoms with van der Waals surface area (Å²) >= 11 is 0. The summed E-state index contributed by atoms with van der Waals surface area (Å²) in [6.07, 6.45) is 3.69. The lowest BCUT2D eigenvalue weighted by atomic mass is 9.86. The van der Waals surface area contributed by atoms with Crippen molar-refractivity contribution in [3.05, 3.63) is 0 Å². The summed E-state index contributed by atoms with van der Waals surface area (Å²) in [6, 6.07) is -1.34. The Hall–Kier alpha value is -1.14. The summed E-state index contributed by atoms with van der Waals surface area (Å²) in [5.41, 5.74) is 4.85. The van der Waals surface area contributed by atoms with Crippen molar-refractivity contribution in [3.8, 4) is 0 Å². The van der Waals surface area contributed by atoms with Crippen molar-refractivity contribution in [3.63, 3.8) is 0 Å². The number of primary amides is 1. The van der Waals surface area contributed by atoms with Crippen LogP contribution >= 0.6 is 0 Å². The van der Waals surface area contributed by atoms with Crippen LogP contribution in [0, 0.1) is 5.92 Å². The van der Waals surface area contributed by atoms with E-state index in [0.29, 0.717) is 6.54 Å². The Morgan fingerprint density at radius 2 is 2.06 bits per heavy atom. The first kappa shape index (κ1) is 13.9. The first-order chi connectivity index (χ1) is 8.00. The standard InChI is InChI=1S/C11H21N3O3/c1-7(10(16)14-11(12)17)13-6-8-4-2-3-5-9(8)15/h7-9,13,15H,2-6H2,1H3,(H3,12,14,16,17). The number of aliphatic hydroxyl groups is 1. The first-order valence-corrected chi connectivity index (χ1v) is 6.02. The molecule has 3 atom stereocenters. The second kappa shape index (κ2) is 6.56. The Bertz CT molecular complexity index is 283. The smallest absolute Gasteiger partial charge is 0.318 e. The molecular formula is C11H21N3O3. The number of imide groups is 1. The zero-order valence-electron chi connectivity index (χ0n) is 10.1. The molecule has 98 valence electrons. The van der Waals surface area contributed by atoms with Crippen molar-refractivity contribution >= 4 is 11.9 Å². The molecule has 17 heavy (non-hydrogen) atoms. The number of hydrogen-bond donors (Lipinski definition) is 4. The van der Waals surface area contributed by atoms with Crippen LogP contribution < -0.4 is 16.4 Å². The van der Waals surface area contributed by atoms with Gasteiger partial charge in [-0.25, -0.2) is 4.79 Å². The highest BCUT2D eigenvalue weighted by Crippen LogP contribution is 2.23. The van der Waals surface area contributed by atoms with Crippen LogP contribution in [0.25, 0.3) is 0 Å². The molecule has 3 amide bonds. The number of rotatable bonds is 4. The van der Waals surface area contributed by atoms with Gasteiger partial charge in [-0.3, -0.25) is 10.1 Å². The van der Waals surface area contributed by atoms with Crippen LogP contribution in [0.2, 0.25) is 0 Å². The highest BCUT2D eigenvalue weighted by Gasteiger charge is 2.24. The van der Waals surface area contributed by atoms with E-state index in [4.69, 9.17) is 5.73 Å². The van der Waals surface area contributed by atoms with Gasteiger partial charge in [0.05, 0.1) is 12.1 Å². The third kappa shape index (κ3) is 4.70. The van der Waals surface area contributed by atoms with Gasteiger partial charge in [-0.1, -0.05) is 12.8 Å². The Labute approximate surface area is 101 Å². The Morgan fingerprint density at radius 1 is 1.41 bits per heavy atom. The van der Waals surface area contributed by atoms with E-state index in [0.717, 1.165) is 25.7 Å². The molecule has 5 N–H and O–H groups in total. The van der Waals surface area contributed by atoms with Crippen molar-refractivity contribution in [1.29, 1.82) is 0 Å². The molecule has 0 aromatic heterocycles. The lowest BCUT2D eigenvalue weighted by Gasteiger charge is -2.28. The molecule has 1 fully saturated rings. The van der Waals surface area contributed by atoms with Gasteiger partial charge in [-0.2, -0.15) is 0 Å². The number of aliphatic hydroxyl groups excluding tert-OH is 1. The minimum atomic E-state index is -0.846. The van der Waals surface area contributed by atoms with E-state index < -0.39 is 18.0 Å². The van der Waals surface area contributed by atoms with Crippen molar-refractivity contribution in [2.75, 3.05) is 6.54 Å². The summed E-state index contributed by atoms with van der Waals surface area (Å²) in [5, 5.41) is 14.8. The van der Waals surface area contributed by atoms with Crippen LogP contribution in [0.15, 0.2) is 0 Å². The average molecular weight is 243 g/mol. The molecule has 6 heteroatoms. The number of urea groups is 1. The van der Waals surface area contributed by atoms with Crippen molar-refractivity contribution in [1.82, 2.24) is 10.6 Å². The number of hydrogen-bond acceptors (Lipinski definition) is 4. The lowest BCUT2D eigenvalue weighted by Crippen LogP contribution is -2.48. The van der Waals surface area contributed by atoms with Crippen molar-refractivity contribution < 1.29 is 14.7 Å². The quantitative estimate of drug-likeness (QED) is 0.544. The van der Waals surface area contributed by atoms with Gasteiger partial charge in [0.25, 0.3) is 0 Å². The SMILES string of the molecule is CC(NCC1CCCCC1O)C(=O)NC(N)=O. The maximum absolute atomic E-state index is 11.4. The molecule has 0 spiro atoms. The molecule has 0 heterocycles. The molecular weight excluding hydrogens is 222 g/mol. The Balaban J connectivity index is 2.29. The van der Waals surface area contributed by atoms with Crippen molar-refractivity contribution in [2.24, 2.45) is 11.7 Å². The fourth-order valence-corrected chi connectivity index (χ4v) is 2.08. The first-order valence-electron chi connectivity index (χ1n) is 6.02. The Morgan fingerprint density at radius 3 is 2.65 bits per heavy atom. The fraction of sp³-hybridized carbons (Fsp3) is 0.818. The van der Waals surface area contributed by atoms with Crippen LogP contribution in [0.4, 0.5) is 4.79 Å². The van der Waals surface area contributed by atoms with Gasteiger partial charge < -0.3 is 16.2 Å². The van der Waals surface area contributed by atoms with Crippen LogP contribution in [0.3, 0.4) is 0 Å². The molecule has 0 aromatic carbocycles. The third-order valence-electron chi connectivity index (χ3n) is 3.19. The number of carbonyl (C=O) groups excluding carboxylic acids is 2. The zero-order chi connectivity index (χ0) is 12.8. The molecule has 0 aliphatic heterocycles. The number of nitrogens with two attached hydrogens (primary N) is 1. The van der Waals surface area contributed by atoms with Gasteiger partial charge in [-0.15, -0.1) is 0 Å². The van der Waals surface area contributed by atoms with Gasteiger partial charge in [0.1, 0.15) is 0 Å². The van der Waals surface area contributed by atoms with Gasteiger partial charge in [-0.05, 0) is 25.7 Å². The van der Waals surface area contributed by atoms with E-state index in [9.17, 15) is 14.7 Å². The largest absolute Gasteiger partial charge is 0.393 e. The van der Waals surface area contributed by atoms with E-state index in [2.05, 4.69) is 5.32 Å². The predicted octanol–water partition coefficient (Wildman–Crippen LogP) is -0.289. The second-order valence-electron chi connectivity index (χ2n) is 4.60. The molecule has 0 aromatic rings. The number of carbonyl (C=O) groups is 2. The molecule has 0 radical (unpaired) electrons. The second-order valence-corrected chi connectivity index (χ2v) is 4.60. The fourth-order valence-electron chi connectivity index (χ4n) is 2.08. The van der Waals surface area contributed by atoms with E-state index in [1.807, 2.05) is 5.32 Å². The van der Waals surface area contributed by atoms with Gasteiger partial charge in [0, 0.05) is 6.54 Å². The maximum Gasteiger partial charge on any atom is 0.318 e. The number of nitrogens with one attached hydrogen (secondary N) is 2. The minimum Gasteiger partial charge on any atom is -0.393 e. The number of amides is 3. The van der Waals surface area contributed by atoms with Crippen molar-refractivity contribution in [2.45, 2.75) is 44.8 Å². The van der Waals surface area contributed by atoms with E-state index in [-0.39, 0.29) is 12.0 Å². The van der Waals surface area contributed by atoms with Crippen LogP contribution in [0.5, 0.6) is 0 Å². The molecule has 1 aliphatic carbocycles. The minimum absolute atomic E-state index is 0.188. The molecule has 0 saturated heterocycles. The van der Waals surface area contributed by atoms with Gasteiger partial charge in [0.2, 0.25) is 5.91 Å². The van der Waals surface area contributed by atoms with E-state index in [1.165, 1.54) is 0 Å². The molecule has 1 saturated carbocycles. The molecule has 1 aliphatic rings. The monoisotopic (exact) mass is 243 g/mol. The normalized spacial score (nSPS) is 26.2. The highest BCUT2D eigenvalue weighted by atomic mass is 16.3. The third-order valence-corrected chi connectivity index (χ3v) is 3.19. The lowest BCUT2D eigenvalue weighted by molar-refractivity contribution is -0.121. The maximum atomic E-state index is 11.4. The molecule has 3 unspecified atom stereocenters. The predicted molar refractivity (Wildman–Crippen MR) is 63.2 cm³/mol.